The van der Waals surface area contributed by atoms with E-state index >= 15 is 0 Å². The monoisotopic (exact) mass is 446 g/mol. The van der Waals surface area contributed by atoms with Gasteiger partial charge in [0.15, 0.2) is 0 Å². The molecule has 0 radical (unpaired) electrons. The van der Waals surface area contributed by atoms with Crippen molar-refractivity contribution in [1.82, 2.24) is 0 Å². The standard InChI is InChI=1S/C13H9.C9H13.2ClH.Zr/c1-3-7-12-10(5-1)9-11-6-2-4-8-13(11)12;1-9(2,3)8-6-4-5-7-8;;;/h1-5,7-8H,9H2;6-7H,4H2,1-3H3;2*1H;/q2*-1;;;+4/p-2. The fraction of sp³-hybridized carbons (Fsp3) is 0.273. The minimum absolute atomic E-state index is 0. The molecule has 0 amide bonds. The van der Waals surface area contributed by atoms with Gasteiger partial charge in [-0.2, -0.15) is 41.5 Å². The summed E-state index contributed by atoms with van der Waals surface area (Å²) in [5.74, 6) is 0. The van der Waals surface area contributed by atoms with E-state index in [1.807, 2.05) is 6.07 Å². The maximum Gasteiger partial charge on any atom is 4.00 e. The van der Waals surface area contributed by atoms with Crippen molar-refractivity contribution in [1.29, 1.82) is 0 Å². The summed E-state index contributed by atoms with van der Waals surface area (Å²) in [4.78, 5) is 0. The molecule has 25 heavy (non-hydrogen) atoms. The van der Waals surface area contributed by atoms with Gasteiger partial charge < -0.3 is 24.8 Å². The third-order valence-electron chi connectivity index (χ3n) is 4.18. The third-order valence-corrected chi connectivity index (χ3v) is 4.18. The molecule has 0 aromatic heterocycles. The maximum atomic E-state index is 3.30. The zero-order chi connectivity index (χ0) is 15.6. The molecule has 3 heteroatoms. The van der Waals surface area contributed by atoms with E-state index < -0.39 is 0 Å². The Hall–Kier alpha value is -0.617. The van der Waals surface area contributed by atoms with E-state index in [-0.39, 0.29) is 51.0 Å². The van der Waals surface area contributed by atoms with E-state index in [0.29, 0.717) is 5.41 Å². The molecular weight excluding hydrogens is 426 g/mol. The first-order valence-electron chi connectivity index (χ1n) is 7.91. The predicted octanol–water partition coefficient (Wildman–Crippen LogP) is -0.215. The van der Waals surface area contributed by atoms with Gasteiger partial charge in [-0.3, -0.25) is 6.08 Å². The molecule has 0 nitrogen and oxygen atoms in total. The number of benzene rings is 2. The average molecular weight is 449 g/mol. The van der Waals surface area contributed by atoms with Gasteiger partial charge in [0.2, 0.25) is 0 Å². The summed E-state index contributed by atoms with van der Waals surface area (Å²) in [5.41, 5.74) is 7.25. The van der Waals surface area contributed by atoms with Crippen molar-refractivity contribution in [3.63, 3.8) is 0 Å². The second kappa shape index (κ2) is 10.5. The first-order chi connectivity index (χ1) is 10.6. The zero-order valence-electron chi connectivity index (χ0n) is 14.9. The Labute approximate surface area is 183 Å². The Morgan fingerprint density at radius 3 is 2.20 bits per heavy atom. The van der Waals surface area contributed by atoms with E-state index in [0.717, 1.165) is 12.8 Å². The summed E-state index contributed by atoms with van der Waals surface area (Å²) in [5, 5.41) is 0. The molecule has 0 atom stereocenters. The number of fused-ring (bicyclic) bond motifs is 3. The van der Waals surface area contributed by atoms with Crippen molar-refractivity contribution in [2.24, 2.45) is 5.41 Å². The number of hydrogen-bond acceptors (Lipinski definition) is 0. The summed E-state index contributed by atoms with van der Waals surface area (Å²) in [6.45, 7) is 6.67. The summed E-state index contributed by atoms with van der Waals surface area (Å²) >= 11 is 0. The molecule has 0 spiro atoms. The van der Waals surface area contributed by atoms with E-state index in [1.165, 1.54) is 27.8 Å². The van der Waals surface area contributed by atoms with Crippen LogP contribution in [0, 0.1) is 17.6 Å². The van der Waals surface area contributed by atoms with Crippen LogP contribution < -0.4 is 24.8 Å². The van der Waals surface area contributed by atoms with E-state index in [4.69, 9.17) is 0 Å². The Morgan fingerprint density at radius 2 is 1.60 bits per heavy atom. The largest absolute Gasteiger partial charge is 4.00 e. The van der Waals surface area contributed by atoms with Crippen LogP contribution in [-0.4, -0.2) is 0 Å². The van der Waals surface area contributed by atoms with Crippen LogP contribution in [0.25, 0.3) is 11.1 Å². The summed E-state index contributed by atoms with van der Waals surface area (Å²) < 4.78 is 0. The minimum Gasteiger partial charge on any atom is -1.00 e. The van der Waals surface area contributed by atoms with Gasteiger partial charge in [-0.1, -0.05) is 61.6 Å². The molecule has 0 aliphatic heterocycles. The molecule has 0 saturated carbocycles. The second-order valence-corrected chi connectivity index (χ2v) is 6.86. The smallest absolute Gasteiger partial charge is 1.00 e. The average Bonchev–Trinajstić information content (AvgIpc) is 3.15. The molecular formula is C22H22Cl2Zr. The molecule has 0 unspecified atom stereocenters. The Bertz CT molecular complexity index is 696. The SMILES string of the molecule is CC(C)(C)C1=CC[C-]=C1.[Cl-].[Cl-].[Zr+4].[c-]1cccc2c1Cc1ccccc1-2. The van der Waals surface area contributed by atoms with Gasteiger partial charge in [-0.25, -0.2) is 6.08 Å². The van der Waals surface area contributed by atoms with Crippen molar-refractivity contribution in [3.05, 3.63) is 83.5 Å². The van der Waals surface area contributed by atoms with E-state index in [2.05, 4.69) is 81.5 Å². The first kappa shape index (κ1) is 24.4. The Kier molecular flexibility index (Phi) is 10.3. The Morgan fingerprint density at radius 1 is 0.920 bits per heavy atom. The van der Waals surface area contributed by atoms with Gasteiger partial charge in [0.05, 0.1) is 0 Å². The first-order valence-corrected chi connectivity index (χ1v) is 7.91. The van der Waals surface area contributed by atoms with E-state index in [9.17, 15) is 0 Å². The molecule has 2 aliphatic rings. The van der Waals surface area contributed by atoms with Crippen molar-refractivity contribution < 1.29 is 51.0 Å². The van der Waals surface area contributed by atoms with Crippen molar-refractivity contribution >= 4 is 0 Å². The van der Waals surface area contributed by atoms with Gasteiger partial charge in [-0.15, -0.1) is 12.0 Å². The zero-order valence-corrected chi connectivity index (χ0v) is 18.8. The summed E-state index contributed by atoms with van der Waals surface area (Å²) in [6, 6.07) is 18.1. The quantitative estimate of drug-likeness (QED) is 0.418. The van der Waals surface area contributed by atoms with Gasteiger partial charge in [-0.05, 0) is 6.42 Å². The molecule has 0 N–H and O–H groups in total. The molecule has 2 aliphatic carbocycles. The van der Waals surface area contributed by atoms with Crippen LogP contribution >= 0.6 is 0 Å². The maximum absolute atomic E-state index is 3.30. The van der Waals surface area contributed by atoms with Gasteiger partial charge in [0.25, 0.3) is 0 Å². The van der Waals surface area contributed by atoms with Gasteiger partial charge >= 0.3 is 26.2 Å². The van der Waals surface area contributed by atoms with Crippen molar-refractivity contribution in [3.8, 4) is 11.1 Å². The molecule has 0 heterocycles. The molecule has 2 aromatic carbocycles. The van der Waals surface area contributed by atoms with Crippen LogP contribution in [0.4, 0.5) is 0 Å². The fourth-order valence-electron chi connectivity index (χ4n) is 2.92. The van der Waals surface area contributed by atoms with Crippen LogP contribution in [0.3, 0.4) is 0 Å². The molecule has 128 valence electrons. The second-order valence-electron chi connectivity index (χ2n) is 6.86. The third kappa shape index (κ3) is 5.95. The van der Waals surface area contributed by atoms with Crippen LogP contribution in [0.5, 0.6) is 0 Å². The minimum atomic E-state index is 0. The summed E-state index contributed by atoms with van der Waals surface area (Å²) in [7, 11) is 0. The van der Waals surface area contributed by atoms with Crippen LogP contribution in [0.1, 0.15) is 38.3 Å². The van der Waals surface area contributed by atoms with E-state index in [1.54, 1.807) is 0 Å². The predicted molar refractivity (Wildman–Crippen MR) is 93.5 cm³/mol. The van der Waals surface area contributed by atoms with Crippen LogP contribution in [-0.2, 0) is 32.6 Å². The van der Waals surface area contributed by atoms with Gasteiger partial charge in [0.1, 0.15) is 0 Å². The topological polar surface area (TPSA) is 0 Å². The molecule has 4 rings (SSSR count). The number of rotatable bonds is 0. The number of halogens is 2. The summed E-state index contributed by atoms with van der Waals surface area (Å²) in [6.07, 6.45) is 9.55. The van der Waals surface area contributed by atoms with Crippen LogP contribution in [0.15, 0.2) is 60.2 Å². The number of hydrogen-bond donors (Lipinski definition) is 0. The molecule has 0 bridgehead atoms. The Balaban J connectivity index is 0.000000435. The molecule has 2 aromatic rings. The van der Waals surface area contributed by atoms with Crippen molar-refractivity contribution in [2.45, 2.75) is 33.6 Å². The van der Waals surface area contributed by atoms with Crippen molar-refractivity contribution in [2.75, 3.05) is 0 Å². The number of allylic oxidation sites excluding steroid dienone is 4. The molecule has 0 saturated heterocycles. The van der Waals surface area contributed by atoms with Gasteiger partial charge in [0, 0.05) is 0 Å². The normalized spacial score (nSPS) is 13.0. The fourth-order valence-corrected chi connectivity index (χ4v) is 2.92. The molecule has 0 fully saturated rings. The van der Waals surface area contributed by atoms with Crippen LogP contribution in [0.2, 0.25) is 0 Å².